The second-order valence-corrected chi connectivity index (χ2v) is 6.31. The van der Waals surface area contributed by atoms with Gasteiger partial charge in [-0.2, -0.15) is 0 Å². The third-order valence-corrected chi connectivity index (χ3v) is 3.84. The van der Waals surface area contributed by atoms with Gasteiger partial charge >= 0.3 is 0 Å². The van der Waals surface area contributed by atoms with E-state index in [1.165, 1.54) is 0 Å². The Morgan fingerprint density at radius 1 is 1.24 bits per heavy atom. The van der Waals surface area contributed by atoms with Gasteiger partial charge in [0.1, 0.15) is 5.75 Å². The van der Waals surface area contributed by atoms with Crippen molar-refractivity contribution in [2.75, 3.05) is 11.5 Å². The summed E-state index contributed by atoms with van der Waals surface area (Å²) < 4.78 is 23.2. The Hall–Kier alpha value is -1.27. The molecular formula is C11H13NO3S2. The standard InChI is InChI=1S/C11H13NO3S2/c12-11(16)6-7-17(14,15)8-10(13)9-4-2-1-3-5-9/h1-5H,6-8H2,(H2,12,16). The van der Waals surface area contributed by atoms with Crippen LogP contribution in [0, 0.1) is 0 Å². The van der Waals surface area contributed by atoms with Crippen LogP contribution in [0.15, 0.2) is 30.3 Å². The smallest absolute Gasteiger partial charge is 0.177 e. The molecular weight excluding hydrogens is 258 g/mol. The number of hydrogen-bond donors (Lipinski definition) is 1. The Bertz CT molecular complexity index is 509. The van der Waals surface area contributed by atoms with Gasteiger partial charge in [-0.1, -0.05) is 42.5 Å². The Balaban J connectivity index is 2.66. The van der Waals surface area contributed by atoms with Crippen LogP contribution in [0.5, 0.6) is 0 Å². The molecule has 1 aromatic carbocycles. The molecule has 0 aliphatic rings. The SMILES string of the molecule is NC(=S)CCS(=O)(=O)CC(=O)c1ccccc1. The monoisotopic (exact) mass is 271 g/mol. The highest BCUT2D eigenvalue weighted by Gasteiger charge is 2.17. The second-order valence-electron chi connectivity index (χ2n) is 3.60. The molecule has 92 valence electrons. The largest absolute Gasteiger partial charge is 0.393 e. The van der Waals surface area contributed by atoms with Gasteiger partial charge in [0.15, 0.2) is 15.6 Å². The fourth-order valence-corrected chi connectivity index (χ4v) is 2.71. The number of carbonyl (C=O) groups is 1. The maximum atomic E-state index is 11.7. The Morgan fingerprint density at radius 3 is 2.35 bits per heavy atom. The van der Waals surface area contributed by atoms with Gasteiger partial charge in [-0.25, -0.2) is 8.42 Å². The maximum absolute atomic E-state index is 11.7. The van der Waals surface area contributed by atoms with E-state index in [2.05, 4.69) is 12.2 Å². The normalized spacial score (nSPS) is 11.1. The van der Waals surface area contributed by atoms with E-state index >= 15 is 0 Å². The lowest BCUT2D eigenvalue weighted by Gasteiger charge is -2.03. The second kappa shape index (κ2) is 5.88. The van der Waals surface area contributed by atoms with Crippen molar-refractivity contribution in [2.45, 2.75) is 6.42 Å². The van der Waals surface area contributed by atoms with Crippen LogP contribution in [0.4, 0.5) is 0 Å². The first-order valence-electron chi connectivity index (χ1n) is 4.98. The van der Waals surface area contributed by atoms with E-state index in [0.717, 1.165) is 0 Å². The van der Waals surface area contributed by atoms with Crippen LogP contribution in [0.1, 0.15) is 16.8 Å². The third-order valence-electron chi connectivity index (χ3n) is 2.11. The summed E-state index contributed by atoms with van der Waals surface area (Å²) in [5.41, 5.74) is 5.62. The fourth-order valence-electron chi connectivity index (χ4n) is 1.24. The van der Waals surface area contributed by atoms with Crippen molar-refractivity contribution in [3.05, 3.63) is 35.9 Å². The summed E-state index contributed by atoms with van der Waals surface area (Å²) in [6, 6.07) is 8.32. The van der Waals surface area contributed by atoms with Crippen molar-refractivity contribution in [3.8, 4) is 0 Å². The molecule has 0 bridgehead atoms. The molecule has 0 spiro atoms. The molecule has 0 amide bonds. The molecule has 0 saturated heterocycles. The number of nitrogens with two attached hydrogens (primary N) is 1. The predicted octanol–water partition coefficient (Wildman–Crippen LogP) is 0.960. The summed E-state index contributed by atoms with van der Waals surface area (Å²) in [4.78, 5) is 11.8. The van der Waals surface area contributed by atoms with Crippen LogP contribution >= 0.6 is 12.2 Å². The van der Waals surface area contributed by atoms with Gasteiger partial charge in [-0.05, 0) is 0 Å². The predicted molar refractivity (Wildman–Crippen MR) is 70.8 cm³/mol. The molecule has 1 rings (SSSR count). The summed E-state index contributed by atoms with van der Waals surface area (Å²) in [5, 5.41) is 0. The van der Waals surface area contributed by atoms with Crippen LogP contribution in [0.3, 0.4) is 0 Å². The van der Waals surface area contributed by atoms with Crippen molar-refractivity contribution in [2.24, 2.45) is 5.73 Å². The van der Waals surface area contributed by atoms with E-state index in [9.17, 15) is 13.2 Å². The molecule has 0 aliphatic carbocycles. The average molecular weight is 271 g/mol. The van der Waals surface area contributed by atoms with E-state index < -0.39 is 21.4 Å². The van der Waals surface area contributed by atoms with Crippen molar-refractivity contribution in [1.82, 2.24) is 0 Å². The molecule has 0 radical (unpaired) electrons. The van der Waals surface area contributed by atoms with Gasteiger partial charge < -0.3 is 5.73 Å². The summed E-state index contributed by atoms with van der Waals surface area (Å²) in [6.45, 7) is 0. The highest BCUT2D eigenvalue weighted by atomic mass is 32.2. The highest BCUT2D eigenvalue weighted by molar-refractivity contribution is 7.92. The van der Waals surface area contributed by atoms with E-state index in [1.807, 2.05) is 0 Å². The number of sulfone groups is 1. The van der Waals surface area contributed by atoms with E-state index in [-0.39, 0.29) is 17.2 Å². The van der Waals surface area contributed by atoms with Crippen LogP contribution in [-0.2, 0) is 9.84 Å². The van der Waals surface area contributed by atoms with Crippen LogP contribution < -0.4 is 5.73 Å². The molecule has 4 nitrogen and oxygen atoms in total. The quantitative estimate of drug-likeness (QED) is 0.616. The first-order chi connectivity index (χ1) is 7.91. The lowest BCUT2D eigenvalue weighted by atomic mass is 10.2. The summed E-state index contributed by atoms with van der Waals surface area (Å²) in [6.07, 6.45) is 0.111. The van der Waals surface area contributed by atoms with Crippen molar-refractivity contribution >= 4 is 32.8 Å². The number of Topliss-reactive ketones (excluding diaryl/α,β-unsaturated/α-hetero) is 1. The molecule has 0 atom stereocenters. The summed E-state index contributed by atoms with van der Waals surface area (Å²) >= 11 is 4.60. The van der Waals surface area contributed by atoms with Crippen LogP contribution in [-0.4, -0.2) is 30.7 Å². The molecule has 6 heteroatoms. The molecule has 1 aromatic rings. The zero-order valence-corrected chi connectivity index (χ0v) is 10.8. The summed E-state index contributed by atoms with van der Waals surface area (Å²) in [7, 11) is -3.44. The first kappa shape index (κ1) is 13.8. The number of carbonyl (C=O) groups excluding carboxylic acids is 1. The minimum atomic E-state index is -3.44. The molecule has 2 N–H and O–H groups in total. The van der Waals surface area contributed by atoms with Gasteiger partial charge in [0.25, 0.3) is 0 Å². The summed E-state index contributed by atoms with van der Waals surface area (Å²) in [5.74, 6) is -1.09. The minimum Gasteiger partial charge on any atom is -0.393 e. The number of hydrogen-bond acceptors (Lipinski definition) is 4. The van der Waals surface area contributed by atoms with E-state index in [1.54, 1.807) is 30.3 Å². The number of rotatable bonds is 6. The fraction of sp³-hybridized carbons (Fsp3) is 0.273. The van der Waals surface area contributed by atoms with Gasteiger partial charge in [-0.15, -0.1) is 0 Å². The molecule has 0 saturated carbocycles. The van der Waals surface area contributed by atoms with Crippen LogP contribution in [0.2, 0.25) is 0 Å². The number of benzene rings is 1. The number of ketones is 1. The molecule has 0 fully saturated rings. The third kappa shape index (κ3) is 5.06. The molecule has 0 aromatic heterocycles. The average Bonchev–Trinajstić information content (AvgIpc) is 2.27. The highest BCUT2D eigenvalue weighted by Crippen LogP contribution is 2.04. The Morgan fingerprint density at radius 2 is 1.82 bits per heavy atom. The first-order valence-corrected chi connectivity index (χ1v) is 7.21. The van der Waals surface area contributed by atoms with Crippen molar-refractivity contribution in [1.29, 1.82) is 0 Å². The minimum absolute atomic E-state index is 0.111. The van der Waals surface area contributed by atoms with E-state index in [4.69, 9.17) is 5.73 Å². The van der Waals surface area contributed by atoms with Gasteiger partial charge in [0.05, 0.1) is 10.7 Å². The molecule has 0 aliphatic heterocycles. The van der Waals surface area contributed by atoms with Crippen molar-refractivity contribution < 1.29 is 13.2 Å². The lowest BCUT2D eigenvalue weighted by molar-refractivity contribution is 0.102. The molecule has 0 heterocycles. The molecule has 0 unspecified atom stereocenters. The van der Waals surface area contributed by atoms with Crippen molar-refractivity contribution in [3.63, 3.8) is 0 Å². The van der Waals surface area contributed by atoms with Gasteiger partial charge in [-0.3, -0.25) is 4.79 Å². The zero-order valence-electron chi connectivity index (χ0n) is 9.13. The van der Waals surface area contributed by atoms with Gasteiger partial charge in [0.2, 0.25) is 0 Å². The Kier molecular flexibility index (Phi) is 4.77. The topological polar surface area (TPSA) is 77.2 Å². The van der Waals surface area contributed by atoms with Gasteiger partial charge in [0, 0.05) is 12.0 Å². The lowest BCUT2D eigenvalue weighted by Crippen LogP contribution is -2.22. The molecule has 17 heavy (non-hydrogen) atoms. The maximum Gasteiger partial charge on any atom is 0.177 e. The van der Waals surface area contributed by atoms with Crippen LogP contribution in [0.25, 0.3) is 0 Å². The number of thiocarbonyl (C=S) groups is 1. The van der Waals surface area contributed by atoms with E-state index in [0.29, 0.717) is 5.56 Å². The Labute approximate surface area is 106 Å². The zero-order chi connectivity index (χ0) is 12.9.